The third kappa shape index (κ3) is 4.71. The molecule has 0 atom stereocenters. The average molecular weight is 499 g/mol. The van der Waals surface area contributed by atoms with Gasteiger partial charge in [0.2, 0.25) is 6.79 Å². The van der Waals surface area contributed by atoms with E-state index in [1.807, 2.05) is 12.1 Å². The summed E-state index contributed by atoms with van der Waals surface area (Å²) in [5.41, 5.74) is 4.31. The molecule has 1 aromatic heterocycles. The van der Waals surface area contributed by atoms with Crippen LogP contribution in [0.2, 0.25) is 0 Å². The van der Waals surface area contributed by atoms with E-state index in [0.29, 0.717) is 33.5 Å². The minimum absolute atomic E-state index is 0.125. The van der Waals surface area contributed by atoms with Gasteiger partial charge in [-0.05, 0) is 56.3 Å². The van der Waals surface area contributed by atoms with Crippen molar-refractivity contribution in [3.63, 3.8) is 0 Å². The number of rotatable bonds is 7. The van der Waals surface area contributed by atoms with Crippen LogP contribution in [0.1, 0.15) is 34.6 Å². The van der Waals surface area contributed by atoms with Crippen LogP contribution in [0.3, 0.4) is 0 Å². The van der Waals surface area contributed by atoms with Gasteiger partial charge in [0.25, 0.3) is 17.4 Å². The molecular formula is C28H26N4O5. The Morgan fingerprint density at radius 1 is 0.892 bits per heavy atom. The number of benzene rings is 3. The van der Waals surface area contributed by atoms with Crippen molar-refractivity contribution in [3.05, 3.63) is 94.4 Å². The zero-order valence-corrected chi connectivity index (χ0v) is 20.5. The van der Waals surface area contributed by atoms with Crippen LogP contribution in [0.15, 0.2) is 77.7 Å². The minimum atomic E-state index is -0.467. The van der Waals surface area contributed by atoms with Crippen molar-refractivity contribution in [2.45, 2.75) is 13.8 Å². The molecule has 0 spiro atoms. The van der Waals surface area contributed by atoms with Gasteiger partial charge in [-0.1, -0.05) is 18.2 Å². The Kier molecular flexibility index (Phi) is 6.51. The third-order valence-corrected chi connectivity index (χ3v) is 6.28. The van der Waals surface area contributed by atoms with E-state index in [4.69, 9.17) is 9.47 Å². The molecule has 0 unspecified atom stereocenters. The largest absolute Gasteiger partial charge is 0.454 e. The first-order chi connectivity index (χ1) is 18.0. The van der Waals surface area contributed by atoms with Crippen molar-refractivity contribution in [3.8, 4) is 11.5 Å². The molecule has 9 nitrogen and oxygen atoms in total. The highest BCUT2D eigenvalue weighted by Crippen LogP contribution is 2.34. The number of pyridine rings is 1. The molecule has 1 aliphatic heterocycles. The highest BCUT2D eigenvalue weighted by Gasteiger charge is 2.19. The van der Waals surface area contributed by atoms with Gasteiger partial charge >= 0.3 is 0 Å². The van der Waals surface area contributed by atoms with Gasteiger partial charge in [-0.3, -0.25) is 19.8 Å². The fourth-order valence-corrected chi connectivity index (χ4v) is 4.31. The minimum Gasteiger partial charge on any atom is -0.454 e. The molecule has 2 heterocycles. The topological polar surface area (TPSA) is 102 Å². The van der Waals surface area contributed by atoms with Gasteiger partial charge in [0, 0.05) is 53.1 Å². The van der Waals surface area contributed by atoms with Crippen molar-refractivity contribution in [1.29, 1.82) is 0 Å². The van der Waals surface area contributed by atoms with Crippen LogP contribution in [0.5, 0.6) is 11.5 Å². The van der Waals surface area contributed by atoms with Crippen LogP contribution in [-0.4, -0.2) is 36.4 Å². The summed E-state index contributed by atoms with van der Waals surface area (Å²) < 4.78 is 11.8. The number of fused-ring (bicyclic) bond motifs is 2. The fourth-order valence-electron chi connectivity index (χ4n) is 4.31. The van der Waals surface area contributed by atoms with Gasteiger partial charge in [-0.25, -0.2) is 4.68 Å². The van der Waals surface area contributed by atoms with Gasteiger partial charge in [-0.15, -0.1) is 0 Å². The third-order valence-electron chi connectivity index (χ3n) is 6.28. The Morgan fingerprint density at radius 2 is 1.59 bits per heavy atom. The molecule has 0 bridgehead atoms. The van der Waals surface area contributed by atoms with Gasteiger partial charge < -0.3 is 19.7 Å². The normalized spacial score (nSPS) is 11.8. The van der Waals surface area contributed by atoms with E-state index in [1.54, 1.807) is 54.6 Å². The van der Waals surface area contributed by atoms with Crippen LogP contribution in [0.4, 0.5) is 11.4 Å². The van der Waals surface area contributed by atoms with Gasteiger partial charge in [0.15, 0.2) is 11.5 Å². The van der Waals surface area contributed by atoms with E-state index in [9.17, 15) is 14.4 Å². The Balaban J connectivity index is 1.44. The van der Waals surface area contributed by atoms with Crippen LogP contribution in [0.25, 0.3) is 10.8 Å². The second-order valence-electron chi connectivity index (χ2n) is 8.45. The number of nitrogens with zero attached hydrogens (tertiary/aromatic N) is 2. The molecule has 0 fully saturated rings. The van der Waals surface area contributed by atoms with Crippen molar-refractivity contribution in [1.82, 2.24) is 4.68 Å². The second-order valence-corrected chi connectivity index (χ2v) is 8.45. The first kappa shape index (κ1) is 23.9. The number of anilines is 2. The molecule has 0 saturated carbocycles. The predicted molar refractivity (Wildman–Crippen MR) is 142 cm³/mol. The molecule has 5 rings (SSSR count). The molecule has 2 amide bonds. The number of carbonyl (C=O) groups is 2. The Labute approximate surface area is 213 Å². The summed E-state index contributed by atoms with van der Waals surface area (Å²) in [6, 6.07) is 19.0. The van der Waals surface area contributed by atoms with Crippen molar-refractivity contribution >= 4 is 34.0 Å². The summed E-state index contributed by atoms with van der Waals surface area (Å²) in [6.45, 7) is 5.96. The highest BCUT2D eigenvalue weighted by molar-refractivity contribution is 6.13. The Morgan fingerprint density at radius 3 is 2.32 bits per heavy atom. The maximum absolute atomic E-state index is 13.3. The Bertz CT molecular complexity index is 1540. The summed E-state index contributed by atoms with van der Waals surface area (Å²) >= 11 is 0. The molecule has 0 aliphatic carbocycles. The first-order valence-electron chi connectivity index (χ1n) is 12.0. The number of ether oxygens (including phenoxy) is 2. The number of hydrogen-bond acceptors (Lipinski definition) is 6. The maximum Gasteiger partial charge on any atom is 0.277 e. The molecule has 1 aliphatic rings. The molecule has 9 heteroatoms. The SMILES string of the molecule is CCN(CC)c1ccc(C(=O)Nn2cc(C(=O)Nc3ccc4c(c3)OCO4)c3ccccc3c2=O)cc1. The van der Waals surface area contributed by atoms with Crippen molar-refractivity contribution in [2.24, 2.45) is 0 Å². The zero-order valence-electron chi connectivity index (χ0n) is 20.5. The number of carbonyl (C=O) groups excluding carboxylic acids is 2. The van der Waals surface area contributed by atoms with Crippen LogP contribution in [-0.2, 0) is 0 Å². The van der Waals surface area contributed by atoms with E-state index in [0.717, 1.165) is 23.5 Å². The van der Waals surface area contributed by atoms with Crippen molar-refractivity contribution in [2.75, 3.05) is 35.5 Å². The lowest BCUT2D eigenvalue weighted by atomic mass is 10.1. The van der Waals surface area contributed by atoms with Gasteiger partial charge in [-0.2, -0.15) is 0 Å². The summed E-state index contributed by atoms with van der Waals surface area (Å²) in [6.07, 6.45) is 1.34. The lowest BCUT2D eigenvalue weighted by molar-refractivity contribution is 0.0999. The second kappa shape index (κ2) is 10.1. The molecular weight excluding hydrogens is 472 g/mol. The molecule has 3 aromatic carbocycles. The fraction of sp³-hybridized carbons (Fsp3) is 0.179. The van der Waals surface area contributed by atoms with Gasteiger partial charge in [0.1, 0.15) is 0 Å². The maximum atomic E-state index is 13.3. The molecule has 37 heavy (non-hydrogen) atoms. The number of aromatic nitrogens is 1. The Hall–Kier alpha value is -4.79. The van der Waals surface area contributed by atoms with E-state index in [2.05, 4.69) is 29.5 Å². The molecule has 2 N–H and O–H groups in total. The molecule has 0 saturated heterocycles. The monoisotopic (exact) mass is 498 g/mol. The molecule has 4 aromatic rings. The quantitative estimate of drug-likeness (QED) is 0.396. The van der Waals surface area contributed by atoms with E-state index < -0.39 is 17.4 Å². The van der Waals surface area contributed by atoms with Crippen molar-refractivity contribution < 1.29 is 19.1 Å². The van der Waals surface area contributed by atoms with Gasteiger partial charge in [0.05, 0.1) is 5.56 Å². The zero-order chi connectivity index (χ0) is 25.9. The summed E-state index contributed by atoms with van der Waals surface area (Å²) in [5, 5.41) is 3.61. The first-order valence-corrected chi connectivity index (χ1v) is 12.0. The summed E-state index contributed by atoms with van der Waals surface area (Å²) in [7, 11) is 0. The molecule has 0 radical (unpaired) electrons. The van der Waals surface area contributed by atoms with E-state index in [1.165, 1.54) is 6.20 Å². The lowest BCUT2D eigenvalue weighted by Crippen LogP contribution is -2.34. The summed E-state index contributed by atoms with van der Waals surface area (Å²) in [5.74, 6) is 0.226. The van der Waals surface area contributed by atoms with Crippen LogP contribution < -0.4 is 30.7 Å². The predicted octanol–water partition coefficient (Wildman–Crippen LogP) is 4.21. The van der Waals surface area contributed by atoms with Crippen LogP contribution in [0, 0.1) is 0 Å². The number of nitrogens with one attached hydrogen (secondary N) is 2. The van der Waals surface area contributed by atoms with E-state index >= 15 is 0 Å². The van der Waals surface area contributed by atoms with E-state index in [-0.39, 0.29) is 12.4 Å². The average Bonchev–Trinajstić information content (AvgIpc) is 3.39. The summed E-state index contributed by atoms with van der Waals surface area (Å²) in [4.78, 5) is 41.6. The number of hydrogen-bond donors (Lipinski definition) is 2. The smallest absolute Gasteiger partial charge is 0.277 e. The molecule has 188 valence electrons. The lowest BCUT2D eigenvalue weighted by Gasteiger charge is -2.21. The standard InChI is InChI=1S/C28H26N4O5/c1-3-31(4-2)20-12-9-18(10-13-20)26(33)30-32-16-23(21-7-5-6-8-22(21)28(32)35)27(34)29-19-11-14-24-25(15-19)37-17-36-24/h5-16H,3-4,17H2,1-2H3,(H,29,34)(H,30,33). The highest BCUT2D eigenvalue weighted by atomic mass is 16.7. The van der Waals surface area contributed by atoms with Crippen LogP contribution >= 0.6 is 0 Å². The number of amides is 2.